The van der Waals surface area contributed by atoms with Crippen LogP contribution in [0, 0.1) is 6.92 Å². The molecule has 0 radical (unpaired) electrons. The molecule has 1 amide bonds. The molecule has 0 aliphatic carbocycles. The van der Waals surface area contributed by atoms with Crippen LogP contribution in [-0.2, 0) is 11.3 Å². The number of halogens is 3. The van der Waals surface area contributed by atoms with Crippen molar-refractivity contribution in [2.24, 2.45) is 0 Å². The highest BCUT2D eigenvalue weighted by atomic mass is 79.9. The van der Waals surface area contributed by atoms with Crippen LogP contribution in [-0.4, -0.2) is 12.5 Å². The Morgan fingerprint density at radius 1 is 1.15 bits per heavy atom. The Morgan fingerprint density at radius 2 is 1.89 bits per heavy atom. The third-order valence-electron chi connectivity index (χ3n) is 3.79. The summed E-state index contributed by atoms with van der Waals surface area (Å²) < 4.78 is 12.3. The number of carbonyl (C=O) groups excluding carboxylic acids is 1. The van der Waals surface area contributed by atoms with E-state index < -0.39 is 0 Å². The lowest BCUT2D eigenvalue weighted by Gasteiger charge is -2.11. The van der Waals surface area contributed by atoms with Gasteiger partial charge in [0.25, 0.3) is 5.91 Å². The van der Waals surface area contributed by atoms with Gasteiger partial charge in [0.15, 0.2) is 6.61 Å². The molecule has 7 heteroatoms. The van der Waals surface area contributed by atoms with Crippen LogP contribution in [0.15, 0.2) is 57.4 Å². The maximum atomic E-state index is 12.0. The zero-order chi connectivity index (χ0) is 19.4. The van der Waals surface area contributed by atoms with Gasteiger partial charge in [0.2, 0.25) is 0 Å². The van der Waals surface area contributed by atoms with Crippen LogP contribution in [0.5, 0.6) is 5.75 Å². The summed E-state index contributed by atoms with van der Waals surface area (Å²) in [5.74, 6) is 1.57. The molecular weight excluding hydrogens is 453 g/mol. The summed E-state index contributed by atoms with van der Waals surface area (Å²) in [6, 6.07) is 14.8. The molecule has 0 spiro atoms. The summed E-state index contributed by atoms with van der Waals surface area (Å²) >= 11 is 15.4. The van der Waals surface area contributed by atoms with Crippen molar-refractivity contribution in [2.45, 2.75) is 13.5 Å². The third-order valence-corrected chi connectivity index (χ3v) is 4.82. The van der Waals surface area contributed by atoms with Gasteiger partial charge in [-0.15, -0.1) is 0 Å². The lowest BCUT2D eigenvalue weighted by atomic mass is 10.2. The van der Waals surface area contributed by atoms with E-state index in [1.54, 1.807) is 12.1 Å². The predicted octanol–water partition coefficient (Wildman–Crippen LogP) is 6.02. The highest BCUT2D eigenvalue weighted by Gasteiger charge is 2.11. The summed E-state index contributed by atoms with van der Waals surface area (Å²) in [5, 5.41) is 3.65. The molecule has 4 nitrogen and oxygen atoms in total. The monoisotopic (exact) mass is 467 g/mol. The van der Waals surface area contributed by atoms with Crippen LogP contribution >= 0.6 is 39.1 Å². The van der Waals surface area contributed by atoms with E-state index in [4.69, 9.17) is 32.4 Å². The number of hydrogen-bond acceptors (Lipinski definition) is 3. The molecule has 0 unspecified atom stereocenters. The second kappa shape index (κ2) is 8.83. The van der Waals surface area contributed by atoms with Crippen molar-refractivity contribution in [3.63, 3.8) is 0 Å². The van der Waals surface area contributed by atoms with Crippen LogP contribution in [0.1, 0.15) is 11.3 Å². The van der Waals surface area contributed by atoms with Crippen molar-refractivity contribution in [3.8, 4) is 17.1 Å². The molecular formula is C20H16BrCl2NO3. The van der Waals surface area contributed by atoms with E-state index in [0.29, 0.717) is 21.6 Å². The van der Waals surface area contributed by atoms with E-state index >= 15 is 0 Å². The molecule has 0 bridgehead atoms. The lowest BCUT2D eigenvalue weighted by Crippen LogP contribution is -2.28. The number of ether oxygens (including phenoxy) is 1. The van der Waals surface area contributed by atoms with E-state index in [-0.39, 0.29) is 19.1 Å². The Bertz CT molecular complexity index is 931. The Labute approximate surface area is 175 Å². The number of carbonyl (C=O) groups is 1. The summed E-state index contributed by atoms with van der Waals surface area (Å²) in [6.45, 7) is 1.94. The van der Waals surface area contributed by atoms with E-state index in [2.05, 4.69) is 21.2 Å². The highest BCUT2D eigenvalue weighted by Crippen LogP contribution is 2.31. The van der Waals surface area contributed by atoms with Gasteiger partial charge in [0, 0.05) is 15.1 Å². The fourth-order valence-corrected chi connectivity index (χ4v) is 3.40. The average Bonchev–Trinajstić information content (AvgIpc) is 3.08. The van der Waals surface area contributed by atoms with Crippen molar-refractivity contribution in [2.75, 3.05) is 6.61 Å². The topological polar surface area (TPSA) is 51.5 Å². The van der Waals surface area contributed by atoms with Gasteiger partial charge in [-0.1, -0.05) is 51.3 Å². The van der Waals surface area contributed by atoms with Gasteiger partial charge in [-0.2, -0.15) is 0 Å². The first-order valence-corrected chi connectivity index (χ1v) is 9.67. The SMILES string of the molecule is Cc1cc(Cl)cc(Cl)c1OCC(=O)NCc1ccc(-c2ccc(Br)cc2)o1. The summed E-state index contributed by atoms with van der Waals surface area (Å²) in [5.41, 5.74) is 1.73. The molecule has 3 rings (SSSR count). The van der Waals surface area contributed by atoms with Crippen LogP contribution in [0.25, 0.3) is 11.3 Å². The maximum absolute atomic E-state index is 12.0. The number of amides is 1. The summed E-state index contributed by atoms with van der Waals surface area (Å²) in [4.78, 5) is 12.0. The first-order valence-electron chi connectivity index (χ1n) is 8.12. The smallest absolute Gasteiger partial charge is 0.258 e. The Morgan fingerprint density at radius 3 is 2.59 bits per heavy atom. The first-order chi connectivity index (χ1) is 12.9. The van der Waals surface area contributed by atoms with Crippen LogP contribution in [0.2, 0.25) is 10.0 Å². The normalized spacial score (nSPS) is 10.7. The minimum absolute atomic E-state index is 0.150. The molecule has 27 heavy (non-hydrogen) atoms. The number of nitrogens with one attached hydrogen (secondary N) is 1. The molecule has 3 aromatic rings. The summed E-state index contributed by atoms with van der Waals surface area (Å²) in [7, 11) is 0. The maximum Gasteiger partial charge on any atom is 0.258 e. The zero-order valence-corrected chi connectivity index (χ0v) is 17.5. The lowest BCUT2D eigenvalue weighted by molar-refractivity contribution is -0.123. The standard InChI is InChI=1S/C20H16BrCl2NO3/c1-12-8-15(22)9-17(23)20(12)26-11-19(25)24-10-16-6-7-18(27-16)13-2-4-14(21)5-3-13/h2-9H,10-11H2,1H3,(H,24,25). The fourth-order valence-electron chi connectivity index (χ4n) is 2.49. The second-order valence-corrected chi connectivity index (χ2v) is 7.63. The molecule has 0 atom stereocenters. The second-order valence-electron chi connectivity index (χ2n) is 5.87. The number of rotatable bonds is 6. The van der Waals surface area contributed by atoms with Crippen LogP contribution < -0.4 is 10.1 Å². The van der Waals surface area contributed by atoms with Crippen molar-refractivity contribution < 1.29 is 13.9 Å². The van der Waals surface area contributed by atoms with Gasteiger partial charge in [-0.25, -0.2) is 0 Å². The number of hydrogen-bond donors (Lipinski definition) is 1. The van der Waals surface area contributed by atoms with Crippen molar-refractivity contribution in [1.82, 2.24) is 5.32 Å². The van der Waals surface area contributed by atoms with Gasteiger partial charge < -0.3 is 14.5 Å². The van der Waals surface area contributed by atoms with E-state index in [1.165, 1.54) is 0 Å². The minimum atomic E-state index is -0.276. The fraction of sp³-hybridized carbons (Fsp3) is 0.150. The van der Waals surface area contributed by atoms with Crippen molar-refractivity contribution in [3.05, 3.63) is 74.4 Å². The Hall–Kier alpha value is -1.95. The molecule has 0 saturated heterocycles. The van der Waals surface area contributed by atoms with E-state index in [0.717, 1.165) is 21.4 Å². The molecule has 1 N–H and O–H groups in total. The molecule has 0 saturated carbocycles. The van der Waals surface area contributed by atoms with Crippen LogP contribution in [0.3, 0.4) is 0 Å². The average molecular weight is 469 g/mol. The zero-order valence-electron chi connectivity index (χ0n) is 14.4. The van der Waals surface area contributed by atoms with E-state index in [9.17, 15) is 4.79 Å². The van der Waals surface area contributed by atoms with Crippen molar-refractivity contribution in [1.29, 1.82) is 0 Å². The van der Waals surface area contributed by atoms with E-state index in [1.807, 2.05) is 43.3 Å². The van der Waals surface area contributed by atoms with Crippen molar-refractivity contribution >= 4 is 45.0 Å². The highest BCUT2D eigenvalue weighted by molar-refractivity contribution is 9.10. The molecule has 2 aromatic carbocycles. The first kappa shape index (κ1) is 19.8. The molecule has 0 fully saturated rings. The molecule has 1 heterocycles. The Balaban J connectivity index is 1.53. The summed E-state index contributed by atoms with van der Waals surface area (Å²) in [6.07, 6.45) is 0. The molecule has 0 aliphatic heterocycles. The van der Waals surface area contributed by atoms with Gasteiger partial charge in [-0.05, 0) is 48.9 Å². The van der Waals surface area contributed by atoms with Gasteiger partial charge in [-0.3, -0.25) is 4.79 Å². The van der Waals surface area contributed by atoms with Gasteiger partial charge in [0.1, 0.15) is 17.3 Å². The Kier molecular flexibility index (Phi) is 6.47. The van der Waals surface area contributed by atoms with Gasteiger partial charge >= 0.3 is 0 Å². The largest absolute Gasteiger partial charge is 0.482 e. The number of furan rings is 1. The predicted molar refractivity (Wildman–Crippen MR) is 110 cm³/mol. The number of benzene rings is 2. The quantitative estimate of drug-likeness (QED) is 0.481. The molecule has 140 valence electrons. The van der Waals surface area contributed by atoms with Gasteiger partial charge in [0.05, 0.1) is 11.6 Å². The molecule has 0 aliphatic rings. The minimum Gasteiger partial charge on any atom is -0.482 e. The molecule has 1 aromatic heterocycles. The van der Waals surface area contributed by atoms with Crippen LogP contribution in [0.4, 0.5) is 0 Å². The third kappa shape index (κ3) is 5.28. The number of aryl methyl sites for hydroxylation is 1.